The summed E-state index contributed by atoms with van der Waals surface area (Å²) in [5.74, 6) is 0.115. The van der Waals surface area contributed by atoms with Gasteiger partial charge in [0.1, 0.15) is 12.7 Å². The summed E-state index contributed by atoms with van der Waals surface area (Å²) in [7, 11) is 0. The number of hydrogen-bond acceptors (Lipinski definition) is 5. The molecule has 1 saturated heterocycles. The van der Waals surface area contributed by atoms with Crippen molar-refractivity contribution in [2.24, 2.45) is 5.92 Å². The molecule has 3 aliphatic rings. The summed E-state index contributed by atoms with van der Waals surface area (Å²) in [5.41, 5.74) is 0.829. The maximum absolute atomic E-state index is 11.4. The Bertz CT molecular complexity index is 687. The summed E-state index contributed by atoms with van der Waals surface area (Å²) < 4.78 is 24.3. The third-order valence-electron chi connectivity index (χ3n) is 5.46. The van der Waals surface area contributed by atoms with E-state index in [0.717, 1.165) is 25.7 Å². The SMILES string of the molecule is Cc1c(C(=O)O)cc(Br)c2c1O[C@@H](C1CCC3(CC1)OCCO3)CO2. The molecule has 1 aromatic carbocycles. The van der Waals surface area contributed by atoms with Crippen LogP contribution in [0.2, 0.25) is 0 Å². The molecule has 0 unspecified atom stereocenters. The number of carboxylic acids is 1. The Morgan fingerprint density at radius 3 is 2.56 bits per heavy atom. The molecule has 1 spiro atoms. The summed E-state index contributed by atoms with van der Waals surface area (Å²) in [4.78, 5) is 11.4. The van der Waals surface area contributed by atoms with Gasteiger partial charge in [-0.3, -0.25) is 0 Å². The molecule has 136 valence electrons. The van der Waals surface area contributed by atoms with Crippen LogP contribution in [0.4, 0.5) is 0 Å². The van der Waals surface area contributed by atoms with Gasteiger partial charge in [-0.05, 0) is 47.7 Å². The predicted octanol–water partition coefficient (Wildman–Crippen LogP) is 3.53. The molecule has 2 aliphatic heterocycles. The molecule has 0 aromatic heterocycles. The first-order chi connectivity index (χ1) is 12.0. The molecule has 1 atom stereocenters. The minimum atomic E-state index is -0.970. The van der Waals surface area contributed by atoms with E-state index < -0.39 is 5.97 Å². The maximum atomic E-state index is 11.4. The van der Waals surface area contributed by atoms with Crippen LogP contribution in [-0.2, 0) is 9.47 Å². The molecular formula is C18H21BrO6. The summed E-state index contributed by atoms with van der Waals surface area (Å²) >= 11 is 3.39. The van der Waals surface area contributed by atoms with Crippen LogP contribution in [0.1, 0.15) is 41.6 Å². The molecule has 0 radical (unpaired) electrons. The van der Waals surface area contributed by atoms with E-state index >= 15 is 0 Å². The number of fused-ring (bicyclic) bond motifs is 1. The van der Waals surface area contributed by atoms with Gasteiger partial charge in [-0.15, -0.1) is 0 Å². The van der Waals surface area contributed by atoms with E-state index in [1.165, 1.54) is 0 Å². The Morgan fingerprint density at radius 1 is 1.24 bits per heavy atom. The van der Waals surface area contributed by atoms with Gasteiger partial charge in [-0.25, -0.2) is 4.79 Å². The van der Waals surface area contributed by atoms with Crippen LogP contribution in [-0.4, -0.2) is 42.8 Å². The zero-order chi connectivity index (χ0) is 17.6. The number of carboxylic acid groups (broad SMARTS) is 1. The van der Waals surface area contributed by atoms with E-state index in [2.05, 4.69) is 15.9 Å². The molecule has 2 fully saturated rings. The van der Waals surface area contributed by atoms with Crippen molar-refractivity contribution in [3.63, 3.8) is 0 Å². The van der Waals surface area contributed by atoms with E-state index in [1.54, 1.807) is 13.0 Å². The summed E-state index contributed by atoms with van der Waals surface area (Å²) in [5, 5.41) is 9.38. The Kier molecular flexibility index (Phi) is 4.42. The molecule has 0 amide bonds. The molecular weight excluding hydrogens is 392 g/mol. The number of halogens is 1. The number of benzene rings is 1. The Hall–Kier alpha value is -1.31. The average Bonchev–Trinajstić information content (AvgIpc) is 3.06. The number of hydrogen-bond donors (Lipinski definition) is 1. The zero-order valence-electron chi connectivity index (χ0n) is 14.0. The van der Waals surface area contributed by atoms with Crippen LogP contribution in [0.15, 0.2) is 10.5 Å². The molecule has 2 heterocycles. The van der Waals surface area contributed by atoms with Gasteiger partial charge in [0.2, 0.25) is 0 Å². The molecule has 0 bridgehead atoms. The lowest BCUT2D eigenvalue weighted by Gasteiger charge is -2.40. The fraction of sp³-hybridized carbons (Fsp3) is 0.611. The first-order valence-electron chi connectivity index (χ1n) is 8.63. The highest BCUT2D eigenvalue weighted by atomic mass is 79.9. The average molecular weight is 413 g/mol. The Balaban J connectivity index is 1.52. The second-order valence-electron chi connectivity index (χ2n) is 6.91. The van der Waals surface area contributed by atoms with Crippen molar-refractivity contribution in [2.75, 3.05) is 19.8 Å². The number of ether oxygens (including phenoxy) is 4. The second-order valence-corrected chi connectivity index (χ2v) is 7.76. The first kappa shape index (κ1) is 17.1. The van der Waals surface area contributed by atoms with Gasteiger partial charge in [0.15, 0.2) is 17.3 Å². The van der Waals surface area contributed by atoms with Crippen LogP contribution in [0, 0.1) is 12.8 Å². The van der Waals surface area contributed by atoms with Crippen molar-refractivity contribution in [2.45, 2.75) is 44.5 Å². The Labute approximate surface area is 154 Å². The third-order valence-corrected chi connectivity index (χ3v) is 6.05. The standard InChI is InChI=1S/C18H21BrO6/c1-10-12(17(20)21)8-13(19)16-15(10)25-14(9-22-16)11-2-4-18(5-3-11)23-6-7-24-18/h8,11,14H,2-7,9H2,1H3,(H,20,21)/t14-/m1/s1. The lowest BCUT2D eigenvalue weighted by Crippen LogP contribution is -2.43. The summed E-state index contributed by atoms with van der Waals surface area (Å²) in [6.07, 6.45) is 3.54. The molecule has 25 heavy (non-hydrogen) atoms. The van der Waals surface area contributed by atoms with Crippen LogP contribution in [0.25, 0.3) is 0 Å². The number of aromatic carboxylic acids is 1. The van der Waals surface area contributed by atoms with Gasteiger partial charge < -0.3 is 24.1 Å². The fourth-order valence-electron chi connectivity index (χ4n) is 4.02. The normalized spacial score (nSPS) is 25.3. The fourth-order valence-corrected chi connectivity index (χ4v) is 4.54. The molecule has 7 heteroatoms. The van der Waals surface area contributed by atoms with Crippen molar-refractivity contribution >= 4 is 21.9 Å². The van der Waals surface area contributed by atoms with E-state index in [-0.39, 0.29) is 17.5 Å². The lowest BCUT2D eigenvalue weighted by molar-refractivity contribution is -0.187. The minimum Gasteiger partial charge on any atom is -0.485 e. The van der Waals surface area contributed by atoms with E-state index in [9.17, 15) is 9.90 Å². The van der Waals surface area contributed by atoms with Crippen LogP contribution >= 0.6 is 15.9 Å². The highest BCUT2D eigenvalue weighted by Gasteiger charge is 2.43. The van der Waals surface area contributed by atoms with Crippen molar-refractivity contribution in [1.82, 2.24) is 0 Å². The molecule has 1 aromatic rings. The molecule has 1 N–H and O–H groups in total. The van der Waals surface area contributed by atoms with Crippen LogP contribution < -0.4 is 9.47 Å². The molecule has 4 rings (SSSR count). The largest absolute Gasteiger partial charge is 0.485 e. The predicted molar refractivity (Wildman–Crippen MR) is 92.3 cm³/mol. The Morgan fingerprint density at radius 2 is 1.92 bits per heavy atom. The van der Waals surface area contributed by atoms with Crippen molar-refractivity contribution in [1.29, 1.82) is 0 Å². The summed E-state index contributed by atoms with van der Waals surface area (Å²) in [6, 6.07) is 1.57. The first-order valence-corrected chi connectivity index (χ1v) is 9.42. The highest BCUT2D eigenvalue weighted by molar-refractivity contribution is 9.10. The van der Waals surface area contributed by atoms with E-state index in [1.807, 2.05) is 0 Å². The van der Waals surface area contributed by atoms with Gasteiger partial charge in [0.25, 0.3) is 0 Å². The van der Waals surface area contributed by atoms with Gasteiger partial charge in [0.05, 0.1) is 23.2 Å². The van der Waals surface area contributed by atoms with Gasteiger partial charge >= 0.3 is 5.97 Å². The van der Waals surface area contributed by atoms with Crippen LogP contribution in [0.5, 0.6) is 11.5 Å². The molecule has 6 nitrogen and oxygen atoms in total. The highest BCUT2D eigenvalue weighted by Crippen LogP contribution is 2.46. The maximum Gasteiger partial charge on any atom is 0.336 e. The number of rotatable bonds is 2. The second kappa shape index (κ2) is 6.45. The molecule has 1 aliphatic carbocycles. The minimum absolute atomic E-state index is 0.0825. The van der Waals surface area contributed by atoms with Gasteiger partial charge in [0, 0.05) is 18.4 Å². The monoisotopic (exact) mass is 412 g/mol. The van der Waals surface area contributed by atoms with Crippen molar-refractivity contribution in [3.05, 3.63) is 21.7 Å². The summed E-state index contributed by atoms with van der Waals surface area (Å²) in [6.45, 7) is 3.58. The molecule has 1 saturated carbocycles. The van der Waals surface area contributed by atoms with Gasteiger partial charge in [-0.2, -0.15) is 0 Å². The third kappa shape index (κ3) is 3.02. The van der Waals surface area contributed by atoms with Crippen molar-refractivity contribution in [3.8, 4) is 11.5 Å². The van der Waals surface area contributed by atoms with E-state index in [0.29, 0.717) is 47.3 Å². The van der Waals surface area contributed by atoms with Crippen molar-refractivity contribution < 1.29 is 28.8 Å². The smallest absolute Gasteiger partial charge is 0.336 e. The quantitative estimate of drug-likeness (QED) is 0.800. The topological polar surface area (TPSA) is 74.2 Å². The van der Waals surface area contributed by atoms with E-state index in [4.69, 9.17) is 18.9 Å². The lowest BCUT2D eigenvalue weighted by atomic mass is 9.81. The van der Waals surface area contributed by atoms with Crippen LogP contribution in [0.3, 0.4) is 0 Å². The van der Waals surface area contributed by atoms with Gasteiger partial charge in [-0.1, -0.05) is 0 Å². The zero-order valence-corrected chi connectivity index (χ0v) is 15.6. The number of carbonyl (C=O) groups is 1.